The third-order valence-electron chi connectivity index (χ3n) is 5.62. The molecule has 6 nitrogen and oxygen atoms in total. The van der Waals surface area contributed by atoms with Crippen LogP contribution in [0.15, 0.2) is 65.2 Å². The Morgan fingerprint density at radius 2 is 1.89 bits per heavy atom. The van der Waals surface area contributed by atoms with Crippen LogP contribution < -0.4 is 9.47 Å². The number of aryl methyl sites for hydroxylation is 2. The van der Waals surface area contributed by atoms with Crippen LogP contribution in [-0.2, 0) is 11.2 Å². The molecule has 36 heavy (non-hydrogen) atoms. The Morgan fingerprint density at radius 3 is 2.64 bits per heavy atom. The number of carboxylic acid groups (broad SMARTS) is 1. The standard InChI is InChI=1S/C27H26ClNO5.C2H6/c1-17-15-21(10-7-19(17)8-12-26(30)31)32-14-13-18(2)33-24-11-9-20(28)16-23(24)27-22-5-3-4-6-25(22)34-29-27;1-2/h3-7,9-11,15-16,18H,8,12-14H2,1-2H3,(H,30,31);1-2H3. The normalized spacial score (nSPS) is 11.5. The molecule has 0 spiro atoms. The van der Waals surface area contributed by atoms with Gasteiger partial charge in [-0.3, -0.25) is 4.79 Å². The van der Waals surface area contributed by atoms with Crippen LogP contribution in [0.5, 0.6) is 11.5 Å². The van der Waals surface area contributed by atoms with Crippen molar-refractivity contribution in [1.82, 2.24) is 5.16 Å². The Bertz CT molecular complexity index is 1300. The molecule has 1 N–H and O–H groups in total. The van der Waals surface area contributed by atoms with Crippen LogP contribution >= 0.6 is 11.6 Å². The molecule has 4 rings (SSSR count). The third-order valence-corrected chi connectivity index (χ3v) is 5.85. The SMILES string of the molecule is CC.Cc1cc(OCCC(C)Oc2ccc(Cl)cc2-c2noc3ccccc23)ccc1CCC(=O)O. The number of benzene rings is 3. The first-order chi connectivity index (χ1) is 17.4. The fraction of sp³-hybridized carbons (Fsp3) is 0.310. The van der Waals surface area contributed by atoms with Gasteiger partial charge in [-0.2, -0.15) is 0 Å². The molecule has 0 radical (unpaired) electrons. The molecule has 4 aromatic rings. The second-order valence-electron chi connectivity index (χ2n) is 8.22. The lowest BCUT2D eigenvalue weighted by Crippen LogP contribution is -2.16. The Hall–Kier alpha value is -3.51. The molecule has 0 saturated heterocycles. The van der Waals surface area contributed by atoms with E-state index in [4.69, 9.17) is 30.7 Å². The lowest BCUT2D eigenvalue weighted by Gasteiger charge is -2.18. The van der Waals surface area contributed by atoms with Crippen molar-refractivity contribution in [3.05, 3.63) is 76.8 Å². The van der Waals surface area contributed by atoms with Gasteiger partial charge in [0.25, 0.3) is 0 Å². The Balaban J connectivity index is 0.00000176. The monoisotopic (exact) mass is 509 g/mol. The zero-order valence-electron chi connectivity index (χ0n) is 21.1. The summed E-state index contributed by atoms with van der Waals surface area (Å²) in [7, 11) is 0. The van der Waals surface area contributed by atoms with E-state index in [1.807, 2.05) is 82.3 Å². The number of fused-ring (bicyclic) bond motifs is 1. The van der Waals surface area contributed by atoms with Crippen molar-refractivity contribution in [2.24, 2.45) is 0 Å². The summed E-state index contributed by atoms with van der Waals surface area (Å²) in [5.41, 5.74) is 4.21. The summed E-state index contributed by atoms with van der Waals surface area (Å²) in [5, 5.41) is 14.6. The Morgan fingerprint density at radius 1 is 1.11 bits per heavy atom. The third kappa shape index (κ3) is 7.01. The van der Waals surface area contributed by atoms with Gasteiger partial charge in [0.05, 0.1) is 12.7 Å². The molecular weight excluding hydrogens is 478 g/mol. The second kappa shape index (κ2) is 13.0. The van der Waals surface area contributed by atoms with Crippen LogP contribution in [0.3, 0.4) is 0 Å². The number of ether oxygens (including phenoxy) is 2. The van der Waals surface area contributed by atoms with E-state index in [-0.39, 0.29) is 12.5 Å². The summed E-state index contributed by atoms with van der Waals surface area (Å²) in [6, 6.07) is 18.9. The highest BCUT2D eigenvalue weighted by molar-refractivity contribution is 6.31. The van der Waals surface area contributed by atoms with Crippen molar-refractivity contribution in [2.45, 2.75) is 53.1 Å². The van der Waals surface area contributed by atoms with Gasteiger partial charge in [0.2, 0.25) is 0 Å². The quantitative estimate of drug-likeness (QED) is 0.235. The number of nitrogens with zero attached hydrogens (tertiary/aromatic N) is 1. The van der Waals surface area contributed by atoms with Crippen LogP contribution in [0.1, 0.15) is 44.7 Å². The minimum Gasteiger partial charge on any atom is -0.493 e. The topological polar surface area (TPSA) is 81.8 Å². The number of aromatic nitrogens is 1. The lowest BCUT2D eigenvalue weighted by molar-refractivity contribution is -0.136. The lowest BCUT2D eigenvalue weighted by atomic mass is 10.0. The van der Waals surface area contributed by atoms with Crippen molar-refractivity contribution in [2.75, 3.05) is 6.61 Å². The predicted octanol–water partition coefficient (Wildman–Crippen LogP) is 7.74. The highest BCUT2D eigenvalue weighted by atomic mass is 35.5. The van der Waals surface area contributed by atoms with Crippen molar-refractivity contribution in [3.63, 3.8) is 0 Å². The van der Waals surface area contributed by atoms with E-state index < -0.39 is 5.97 Å². The highest BCUT2D eigenvalue weighted by Crippen LogP contribution is 2.36. The van der Waals surface area contributed by atoms with Crippen molar-refractivity contribution < 1.29 is 23.9 Å². The summed E-state index contributed by atoms with van der Waals surface area (Å²) in [5.74, 6) is 0.633. The van der Waals surface area contributed by atoms with Gasteiger partial charge in [0.1, 0.15) is 17.2 Å². The molecule has 190 valence electrons. The van der Waals surface area contributed by atoms with Gasteiger partial charge in [-0.1, -0.05) is 48.8 Å². The molecule has 0 amide bonds. The molecule has 1 unspecified atom stereocenters. The number of rotatable bonds is 10. The minimum atomic E-state index is -0.797. The maximum Gasteiger partial charge on any atom is 0.303 e. The van der Waals surface area contributed by atoms with E-state index in [9.17, 15) is 4.79 Å². The summed E-state index contributed by atoms with van der Waals surface area (Å²) in [6.45, 7) is 8.43. The maximum atomic E-state index is 10.8. The number of hydrogen-bond donors (Lipinski definition) is 1. The van der Waals surface area contributed by atoms with Crippen LogP contribution in [-0.4, -0.2) is 28.9 Å². The molecule has 0 fully saturated rings. The first-order valence-electron chi connectivity index (χ1n) is 12.2. The second-order valence-corrected chi connectivity index (χ2v) is 8.65. The van der Waals surface area contributed by atoms with Crippen LogP contribution in [0.2, 0.25) is 5.02 Å². The molecule has 1 aromatic heterocycles. The average Bonchev–Trinajstić information content (AvgIpc) is 3.30. The Labute approximate surface area is 216 Å². The largest absolute Gasteiger partial charge is 0.493 e. The summed E-state index contributed by atoms with van der Waals surface area (Å²) in [6.07, 6.45) is 1.18. The van der Waals surface area contributed by atoms with Crippen LogP contribution in [0.25, 0.3) is 22.2 Å². The van der Waals surface area contributed by atoms with Gasteiger partial charge in [-0.15, -0.1) is 0 Å². The van der Waals surface area contributed by atoms with E-state index in [0.717, 1.165) is 27.8 Å². The number of halogens is 1. The van der Waals surface area contributed by atoms with E-state index in [1.165, 1.54) is 0 Å². The van der Waals surface area contributed by atoms with E-state index in [1.54, 1.807) is 6.07 Å². The van der Waals surface area contributed by atoms with Gasteiger partial charge in [-0.05, 0) is 73.9 Å². The molecule has 7 heteroatoms. The number of hydrogen-bond acceptors (Lipinski definition) is 5. The molecule has 0 saturated carbocycles. The molecule has 1 atom stereocenters. The smallest absolute Gasteiger partial charge is 0.303 e. The highest BCUT2D eigenvalue weighted by Gasteiger charge is 2.17. The van der Waals surface area contributed by atoms with Crippen molar-refractivity contribution >= 4 is 28.5 Å². The minimum absolute atomic E-state index is 0.117. The molecular formula is C29H32ClNO5. The summed E-state index contributed by atoms with van der Waals surface area (Å²) >= 11 is 6.27. The zero-order chi connectivity index (χ0) is 26.1. The van der Waals surface area contributed by atoms with Crippen LogP contribution in [0, 0.1) is 6.92 Å². The number of para-hydroxylation sites is 1. The maximum absolute atomic E-state index is 10.8. The first-order valence-corrected chi connectivity index (χ1v) is 12.5. The predicted molar refractivity (Wildman–Crippen MR) is 143 cm³/mol. The number of carbonyl (C=O) groups is 1. The molecule has 0 bridgehead atoms. The zero-order valence-corrected chi connectivity index (χ0v) is 21.8. The summed E-state index contributed by atoms with van der Waals surface area (Å²) < 4.78 is 17.6. The fourth-order valence-corrected chi connectivity index (χ4v) is 3.94. The average molecular weight is 510 g/mol. The van der Waals surface area contributed by atoms with Crippen LogP contribution in [0.4, 0.5) is 0 Å². The first kappa shape index (κ1) is 27.1. The molecule has 0 aliphatic heterocycles. The molecule has 3 aromatic carbocycles. The Kier molecular flexibility index (Phi) is 9.77. The number of aliphatic carboxylic acids is 1. The fourth-order valence-electron chi connectivity index (χ4n) is 3.77. The van der Waals surface area contributed by atoms with E-state index in [2.05, 4.69) is 5.16 Å². The molecule has 1 heterocycles. The molecule has 0 aliphatic rings. The van der Waals surface area contributed by atoms with Crippen molar-refractivity contribution in [3.8, 4) is 22.8 Å². The summed E-state index contributed by atoms with van der Waals surface area (Å²) in [4.78, 5) is 10.8. The van der Waals surface area contributed by atoms with Crippen molar-refractivity contribution in [1.29, 1.82) is 0 Å². The van der Waals surface area contributed by atoms with Gasteiger partial charge in [0.15, 0.2) is 5.58 Å². The molecule has 0 aliphatic carbocycles. The van der Waals surface area contributed by atoms with E-state index in [0.29, 0.717) is 41.5 Å². The number of carboxylic acids is 1. The van der Waals surface area contributed by atoms with Gasteiger partial charge < -0.3 is 19.1 Å². The van der Waals surface area contributed by atoms with Gasteiger partial charge >= 0.3 is 5.97 Å². The van der Waals surface area contributed by atoms with Gasteiger partial charge in [-0.25, -0.2) is 0 Å². The van der Waals surface area contributed by atoms with Gasteiger partial charge in [0, 0.05) is 28.8 Å². The van der Waals surface area contributed by atoms with E-state index >= 15 is 0 Å².